The predicted octanol–water partition coefficient (Wildman–Crippen LogP) is 6.57. The van der Waals surface area contributed by atoms with Crippen LogP contribution in [0.3, 0.4) is 0 Å². The Labute approximate surface area is 145 Å². The molecule has 24 heavy (non-hydrogen) atoms. The van der Waals surface area contributed by atoms with Crippen molar-refractivity contribution in [2.24, 2.45) is 4.99 Å². The lowest BCUT2D eigenvalue weighted by atomic mass is 9.93. The van der Waals surface area contributed by atoms with E-state index in [0.717, 1.165) is 19.4 Å². The summed E-state index contributed by atoms with van der Waals surface area (Å²) in [6, 6.07) is 13.3. The van der Waals surface area contributed by atoms with E-state index in [1.54, 1.807) is 0 Å². The molecule has 1 nitrogen and oxygen atoms in total. The minimum absolute atomic E-state index is 0.914. The lowest BCUT2D eigenvalue weighted by Gasteiger charge is -2.12. The molecule has 1 aliphatic rings. The Balaban J connectivity index is 2.09. The van der Waals surface area contributed by atoms with Gasteiger partial charge in [0, 0.05) is 18.3 Å². The zero-order valence-corrected chi connectivity index (χ0v) is 15.3. The molecule has 0 fully saturated rings. The van der Waals surface area contributed by atoms with Gasteiger partial charge in [-0.2, -0.15) is 0 Å². The number of allylic oxidation sites excluding steroid dienone is 4. The summed E-state index contributed by atoms with van der Waals surface area (Å²) in [6.07, 6.45) is 5.49. The maximum absolute atomic E-state index is 4.67. The third kappa shape index (κ3) is 3.21. The van der Waals surface area contributed by atoms with E-state index < -0.39 is 0 Å². The number of benzene rings is 2. The Morgan fingerprint density at radius 3 is 2.33 bits per heavy atom. The molecule has 0 amide bonds. The van der Waals surface area contributed by atoms with Gasteiger partial charge in [-0.3, -0.25) is 4.99 Å². The average Bonchev–Trinajstić information content (AvgIpc) is 2.85. The molecular formula is C23H27N. The summed E-state index contributed by atoms with van der Waals surface area (Å²) in [5.74, 6) is 0. The van der Waals surface area contributed by atoms with Gasteiger partial charge < -0.3 is 0 Å². The molecule has 0 aliphatic heterocycles. The highest BCUT2D eigenvalue weighted by molar-refractivity contribution is 5.98. The fourth-order valence-corrected chi connectivity index (χ4v) is 3.41. The summed E-state index contributed by atoms with van der Waals surface area (Å²) in [5.41, 5.74) is 8.44. The SMILES string of the molecule is CCCCN=Cc1cc2ccccc2cc1C1=C(C)C(C)=C(C)C1. The first-order chi connectivity index (χ1) is 11.6. The standard InChI is InChI=1S/C23H27N/c1-5-6-11-24-15-21-13-19-9-7-8-10-20(19)14-23(21)22-12-16(2)17(3)18(22)4/h7-10,13-15H,5-6,11-12H2,1-4H3. The monoisotopic (exact) mass is 317 g/mol. The van der Waals surface area contributed by atoms with Gasteiger partial charge in [-0.25, -0.2) is 0 Å². The topological polar surface area (TPSA) is 12.4 Å². The van der Waals surface area contributed by atoms with Crippen LogP contribution in [0.15, 0.2) is 58.1 Å². The molecule has 0 saturated carbocycles. The normalized spacial score (nSPS) is 15.3. The lowest BCUT2D eigenvalue weighted by Crippen LogP contribution is -1.95. The van der Waals surface area contributed by atoms with E-state index in [-0.39, 0.29) is 0 Å². The van der Waals surface area contributed by atoms with Crippen molar-refractivity contribution in [3.8, 4) is 0 Å². The molecule has 1 aliphatic carbocycles. The van der Waals surface area contributed by atoms with Gasteiger partial charge in [-0.1, -0.05) is 43.2 Å². The second-order valence-electron chi connectivity index (χ2n) is 6.86. The van der Waals surface area contributed by atoms with Crippen LogP contribution in [-0.4, -0.2) is 12.8 Å². The Kier molecular flexibility index (Phi) is 4.99. The molecule has 0 radical (unpaired) electrons. The van der Waals surface area contributed by atoms with Gasteiger partial charge in [-0.05, 0) is 78.8 Å². The summed E-state index contributed by atoms with van der Waals surface area (Å²) < 4.78 is 0. The van der Waals surface area contributed by atoms with Gasteiger partial charge in [0.15, 0.2) is 0 Å². The van der Waals surface area contributed by atoms with E-state index in [4.69, 9.17) is 0 Å². The van der Waals surface area contributed by atoms with Crippen molar-refractivity contribution in [3.05, 3.63) is 64.2 Å². The predicted molar refractivity (Wildman–Crippen MR) is 107 cm³/mol. The summed E-state index contributed by atoms with van der Waals surface area (Å²) in [6.45, 7) is 9.88. The van der Waals surface area contributed by atoms with Crippen LogP contribution in [0, 0.1) is 0 Å². The number of rotatable bonds is 5. The molecule has 0 bridgehead atoms. The third-order valence-electron chi connectivity index (χ3n) is 5.21. The summed E-state index contributed by atoms with van der Waals surface area (Å²) >= 11 is 0. The van der Waals surface area contributed by atoms with Crippen molar-refractivity contribution in [2.45, 2.75) is 47.0 Å². The van der Waals surface area contributed by atoms with Gasteiger partial charge >= 0.3 is 0 Å². The van der Waals surface area contributed by atoms with E-state index in [1.165, 1.54) is 50.6 Å². The molecule has 0 unspecified atom stereocenters. The van der Waals surface area contributed by atoms with E-state index in [1.807, 2.05) is 0 Å². The van der Waals surface area contributed by atoms with Gasteiger partial charge in [-0.15, -0.1) is 0 Å². The molecule has 1 heteroatoms. The van der Waals surface area contributed by atoms with Gasteiger partial charge in [0.05, 0.1) is 0 Å². The molecule has 0 saturated heterocycles. The van der Waals surface area contributed by atoms with E-state index in [9.17, 15) is 0 Å². The molecule has 3 rings (SSSR count). The highest BCUT2D eigenvalue weighted by Crippen LogP contribution is 2.39. The number of unbranched alkanes of at least 4 members (excludes halogenated alkanes) is 1. The zero-order chi connectivity index (χ0) is 17.1. The largest absolute Gasteiger partial charge is 0.293 e. The van der Waals surface area contributed by atoms with Crippen LogP contribution in [0.5, 0.6) is 0 Å². The second-order valence-corrected chi connectivity index (χ2v) is 6.86. The average molecular weight is 317 g/mol. The van der Waals surface area contributed by atoms with Crippen molar-refractivity contribution >= 4 is 22.6 Å². The van der Waals surface area contributed by atoms with Crippen molar-refractivity contribution in [2.75, 3.05) is 6.54 Å². The van der Waals surface area contributed by atoms with Gasteiger partial charge in [0.1, 0.15) is 0 Å². The Morgan fingerprint density at radius 2 is 1.71 bits per heavy atom. The first-order valence-electron chi connectivity index (χ1n) is 9.01. The fourth-order valence-electron chi connectivity index (χ4n) is 3.41. The Morgan fingerprint density at radius 1 is 1.00 bits per heavy atom. The molecule has 0 atom stereocenters. The number of hydrogen-bond donors (Lipinski definition) is 0. The van der Waals surface area contributed by atoms with Crippen LogP contribution in [-0.2, 0) is 0 Å². The fraction of sp³-hybridized carbons (Fsp3) is 0.348. The van der Waals surface area contributed by atoms with Crippen LogP contribution < -0.4 is 0 Å². The van der Waals surface area contributed by atoms with Crippen molar-refractivity contribution in [1.82, 2.24) is 0 Å². The molecule has 2 aromatic rings. The summed E-state index contributed by atoms with van der Waals surface area (Å²) in [7, 11) is 0. The number of hydrogen-bond acceptors (Lipinski definition) is 1. The maximum atomic E-state index is 4.67. The van der Waals surface area contributed by atoms with Crippen LogP contribution in [0.4, 0.5) is 0 Å². The zero-order valence-electron chi connectivity index (χ0n) is 15.3. The van der Waals surface area contributed by atoms with Crippen LogP contribution in [0.2, 0.25) is 0 Å². The van der Waals surface area contributed by atoms with Crippen LogP contribution in [0.1, 0.15) is 58.1 Å². The lowest BCUT2D eigenvalue weighted by molar-refractivity contribution is 0.810. The number of nitrogens with zero attached hydrogens (tertiary/aromatic N) is 1. The second kappa shape index (κ2) is 7.17. The first-order valence-corrected chi connectivity index (χ1v) is 9.01. The van der Waals surface area contributed by atoms with Crippen LogP contribution >= 0.6 is 0 Å². The highest BCUT2D eigenvalue weighted by Gasteiger charge is 2.19. The summed E-state index contributed by atoms with van der Waals surface area (Å²) in [4.78, 5) is 4.67. The molecule has 0 heterocycles. The quantitative estimate of drug-likeness (QED) is 0.436. The molecule has 2 aromatic carbocycles. The third-order valence-corrected chi connectivity index (χ3v) is 5.21. The molecule has 0 spiro atoms. The highest BCUT2D eigenvalue weighted by atomic mass is 14.7. The molecule has 124 valence electrons. The van der Waals surface area contributed by atoms with Crippen molar-refractivity contribution < 1.29 is 0 Å². The smallest absolute Gasteiger partial charge is 0.0389 e. The summed E-state index contributed by atoms with van der Waals surface area (Å²) in [5, 5.41) is 2.59. The van der Waals surface area contributed by atoms with E-state index in [2.05, 4.69) is 75.3 Å². The number of fused-ring (bicyclic) bond motifs is 1. The van der Waals surface area contributed by atoms with E-state index in [0.29, 0.717) is 0 Å². The van der Waals surface area contributed by atoms with E-state index >= 15 is 0 Å². The minimum Gasteiger partial charge on any atom is -0.293 e. The molecule has 0 aromatic heterocycles. The van der Waals surface area contributed by atoms with Crippen LogP contribution in [0.25, 0.3) is 16.3 Å². The van der Waals surface area contributed by atoms with Crippen molar-refractivity contribution in [3.63, 3.8) is 0 Å². The van der Waals surface area contributed by atoms with Gasteiger partial charge in [0.25, 0.3) is 0 Å². The maximum Gasteiger partial charge on any atom is 0.0389 e. The Bertz CT molecular complexity index is 849. The number of aliphatic imine (C=N–C) groups is 1. The van der Waals surface area contributed by atoms with Crippen molar-refractivity contribution in [1.29, 1.82) is 0 Å². The first kappa shape index (κ1) is 16.7. The molecule has 0 N–H and O–H groups in total. The van der Waals surface area contributed by atoms with Gasteiger partial charge in [0.2, 0.25) is 0 Å². The Hall–Kier alpha value is -2.15. The minimum atomic E-state index is 0.914. The molecular weight excluding hydrogens is 290 g/mol.